The summed E-state index contributed by atoms with van der Waals surface area (Å²) in [7, 11) is 0. The predicted molar refractivity (Wildman–Crippen MR) is 104 cm³/mol. The van der Waals surface area contributed by atoms with Crippen molar-refractivity contribution in [3.05, 3.63) is 57.4 Å². The lowest BCUT2D eigenvalue weighted by Gasteiger charge is -1.99. The molecule has 2 aromatic carbocycles. The van der Waals surface area contributed by atoms with E-state index in [0.29, 0.717) is 15.0 Å². The van der Waals surface area contributed by atoms with Gasteiger partial charge in [-0.1, -0.05) is 47.2 Å². The van der Waals surface area contributed by atoms with Crippen molar-refractivity contribution < 1.29 is 4.79 Å². The summed E-state index contributed by atoms with van der Waals surface area (Å²) >= 11 is 9.25. The van der Waals surface area contributed by atoms with Crippen LogP contribution >= 0.6 is 34.3 Å². The summed E-state index contributed by atoms with van der Waals surface area (Å²) in [4.78, 5) is 17.7. The quantitative estimate of drug-likeness (QED) is 0.466. The number of thiophene rings is 1. The maximum atomic E-state index is 12.6. The molecule has 24 heavy (non-hydrogen) atoms. The Hall–Kier alpha value is -1.95. The Morgan fingerprint density at radius 2 is 1.88 bits per heavy atom. The summed E-state index contributed by atoms with van der Waals surface area (Å²) in [6.45, 7) is 4.11. The molecule has 0 aliphatic heterocycles. The van der Waals surface area contributed by atoms with Crippen molar-refractivity contribution in [1.29, 1.82) is 0 Å². The van der Waals surface area contributed by atoms with Crippen molar-refractivity contribution in [1.82, 2.24) is 4.98 Å². The first-order valence-electron chi connectivity index (χ1n) is 7.39. The van der Waals surface area contributed by atoms with Gasteiger partial charge in [0.15, 0.2) is 5.13 Å². The lowest BCUT2D eigenvalue weighted by molar-refractivity contribution is 0.103. The topological polar surface area (TPSA) is 42.0 Å². The van der Waals surface area contributed by atoms with Crippen molar-refractivity contribution in [2.24, 2.45) is 0 Å². The summed E-state index contributed by atoms with van der Waals surface area (Å²) in [5.74, 6) is -0.213. The van der Waals surface area contributed by atoms with Gasteiger partial charge in [0.25, 0.3) is 5.91 Å². The molecule has 0 aliphatic carbocycles. The molecule has 0 saturated heterocycles. The molecule has 2 aromatic heterocycles. The maximum Gasteiger partial charge on any atom is 0.269 e. The highest BCUT2D eigenvalue weighted by atomic mass is 35.5. The van der Waals surface area contributed by atoms with Crippen LogP contribution in [0, 0.1) is 13.8 Å². The second-order valence-corrected chi connectivity index (χ2v) is 8.03. The summed E-state index contributed by atoms with van der Waals surface area (Å²) in [6, 6.07) is 11.9. The van der Waals surface area contributed by atoms with Crippen molar-refractivity contribution in [2.45, 2.75) is 13.8 Å². The van der Waals surface area contributed by atoms with Gasteiger partial charge in [0.2, 0.25) is 0 Å². The Morgan fingerprint density at radius 1 is 1.08 bits per heavy atom. The van der Waals surface area contributed by atoms with Crippen LogP contribution in [0.25, 0.3) is 20.3 Å². The van der Waals surface area contributed by atoms with E-state index in [0.717, 1.165) is 25.9 Å². The number of nitrogens with zero attached hydrogens (tertiary/aromatic N) is 1. The first-order valence-corrected chi connectivity index (χ1v) is 9.41. The first kappa shape index (κ1) is 15.6. The van der Waals surface area contributed by atoms with E-state index < -0.39 is 0 Å². The molecular formula is C18H13ClN2OS2. The van der Waals surface area contributed by atoms with Crippen molar-refractivity contribution in [3.63, 3.8) is 0 Å². The van der Waals surface area contributed by atoms with Crippen LogP contribution in [0.3, 0.4) is 0 Å². The number of halogens is 1. The number of anilines is 1. The van der Waals surface area contributed by atoms with Crippen molar-refractivity contribution >= 4 is 65.6 Å². The van der Waals surface area contributed by atoms with Gasteiger partial charge in [-0.15, -0.1) is 11.3 Å². The average Bonchev–Trinajstić information content (AvgIpc) is 3.13. The van der Waals surface area contributed by atoms with Crippen LogP contribution in [0.4, 0.5) is 5.13 Å². The number of benzene rings is 2. The van der Waals surface area contributed by atoms with Crippen molar-refractivity contribution in [2.75, 3.05) is 5.32 Å². The number of amides is 1. The number of aryl methyl sites for hydroxylation is 2. The molecule has 0 bridgehead atoms. The molecule has 0 fully saturated rings. The number of thiazole rings is 1. The molecule has 1 amide bonds. The molecule has 120 valence electrons. The van der Waals surface area contributed by atoms with Gasteiger partial charge in [0.05, 0.1) is 15.2 Å². The highest BCUT2D eigenvalue weighted by molar-refractivity contribution is 7.23. The molecule has 0 atom stereocenters. The third-order valence-corrected chi connectivity index (χ3v) is 6.66. The van der Waals surface area contributed by atoms with E-state index in [1.807, 2.05) is 37.3 Å². The summed E-state index contributed by atoms with van der Waals surface area (Å²) in [5, 5.41) is 4.89. The molecule has 0 unspecified atom stereocenters. The third kappa shape index (κ3) is 2.49. The van der Waals surface area contributed by atoms with Gasteiger partial charge < -0.3 is 0 Å². The second kappa shape index (κ2) is 5.84. The minimum atomic E-state index is -0.213. The Kier molecular flexibility index (Phi) is 3.79. The molecule has 3 nitrogen and oxygen atoms in total. The zero-order valence-corrected chi connectivity index (χ0v) is 15.4. The molecule has 2 heterocycles. The highest BCUT2D eigenvalue weighted by Gasteiger charge is 2.18. The van der Waals surface area contributed by atoms with Gasteiger partial charge >= 0.3 is 0 Å². The average molecular weight is 373 g/mol. The molecular weight excluding hydrogens is 360 g/mol. The van der Waals surface area contributed by atoms with E-state index in [2.05, 4.69) is 23.3 Å². The van der Waals surface area contributed by atoms with Gasteiger partial charge in [-0.25, -0.2) is 4.98 Å². The van der Waals surface area contributed by atoms with E-state index in [1.54, 1.807) is 0 Å². The van der Waals surface area contributed by atoms with Crippen LogP contribution < -0.4 is 5.32 Å². The molecule has 6 heteroatoms. The Labute approximate surface area is 151 Å². The number of hydrogen-bond acceptors (Lipinski definition) is 4. The van der Waals surface area contributed by atoms with Crippen LogP contribution in [0.2, 0.25) is 5.02 Å². The zero-order valence-electron chi connectivity index (χ0n) is 13.0. The number of rotatable bonds is 2. The van der Waals surface area contributed by atoms with Crippen LogP contribution in [0.5, 0.6) is 0 Å². The van der Waals surface area contributed by atoms with E-state index in [1.165, 1.54) is 28.2 Å². The smallest absolute Gasteiger partial charge is 0.269 e. The fourth-order valence-corrected chi connectivity index (χ4v) is 4.93. The van der Waals surface area contributed by atoms with Crippen LogP contribution in [-0.2, 0) is 0 Å². The first-order chi connectivity index (χ1) is 11.5. The number of aromatic nitrogens is 1. The van der Waals surface area contributed by atoms with Gasteiger partial charge in [-0.2, -0.15) is 0 Å². The van der Waals surface area contributed by atoms with E-state index in [9.17, 15) is 4.79 Å². The van der Waals surface area contributed by atoms with E-state index >= 15 is 0 Å². The predicted octanol–water partition coefficient (Wildman–Crippen LogP) is 6.03. The molecule has 4 aromatic rings. The van der Waals surface area contributed by atoms with Gasteiger partial charge in [0, 0.05) is 10.1 Å². The highest BCUT2D eigenvalue weighted by Crippen LogP contribution is 2.36. The number of fused-ring (bicyclic) bond motifs is 2. The lowest BCUT2D eigenvalue weighted by atomic mass is 10.1. The fraction of sp³-hybridized carbons (Fsp3) is 0.111. The molecule has 0 radical (unpaired) electrons. The number of carbonyl (C=O) groups excluding carboxylic acids is 1. The minimum Gasteiger partial charge on any atom is -0.297 e. The molecule has 0 saturated carbocycles. The monoisotopic (exact) mass is 372 g/mol. The summed E-state index contributed by atoms with van der Waals surface area (Å²) in [6.07, 6.45) is 0. The number of nitrogens with one attached hydrogen (secondary N) is 1. The SMILES string of the molecule is Cc1ccc2sc(NC(=O)c3sc4ccccc4c3Cl)nc2c1C. The van der Waals surface area contributed by atoms with Gasteiger partial charge in [0.1, 0.15) is 4.88 Å². The maximum absolute atomic E-state index is 12.6. The Bertz CT molecular complexity index is 1100. The van der Waals surface area contributed by atoms with E-state index in [4.69, 9.17) is 11.6 Å². The van der Waals surface area contributed by atoms with Gasteiger partial charge in [-0.05, 0) is 37.1 Å². The lowest BCUT2D eigenvalue weighted by Crippen LogP contribution is -2.10. The Balaban J connectivity index is 1.70. The van der Waals surface area contributed by atoms with Crippen LogP contribution in [0.1, 0.15) is 20.8 Å². The third-order valence-electron chi connectivity index (χ3n) is 4.05. The van der Waals surface area contributed by atoms with Crippen LogP contribution in [-0.4, -0.2) is 10.9 Å². The Morgan fingerprint density at radius 3 is 2.67 bits per heavy atom. The molecule has 0 aliphatic rings. The minimum absolute atomic E-state index is 0.213. The molecule has 0 spiro atoms. The molecule has 1 N–H and O–H groups in total. The fourth-order valence-electron chi connectivity index (χ4n) is 2.59. The number of hydrogen-bond donors (Lipinski definition) is 1. The normalized spacial score (nSPS) is 11.3. The standard InChI is InChI=1S/C18H13ClN2OS2/c1-9-7-8-13-15(10(9)2)20-18(24-13)21-17(22)16-14(19)11-5-3-4-6-12(11)23-16/h3-8H,1-2H3,(H,20,21,22). The molecule has 4 rings (SSSR count). The van der Waals surface area contributed by atoms with Crippen LogP contribution in [0.15, 0.2) is 36.4 Å². The van der Waals surface area contributed by atoms with Gasteiger partial charge in [-0.3, -0.25) is 10.1 Å². The van der Waals surface area contributed by atoms with E-state index in [-0.39, 0.29) is 5.91 Å². The second-order valence-electron chi connectivity index (χ2n) is 5.57. The van der Waals surface area contributed by atoms with Crippen molar-refractivity contribution in [3.8, 4) is 0 Å². The zero-order chi connectivity index (χ0) is 16.8. The summed E-state index contributed by atoms with van der Waals surface area (Å²) in [5.41, 5.74) is 3.28. The number of carbonyl (C=O) groups is 1. The largest absolute Gasteiger partial charge is 0.297 e. The summed E-state index contributed by atoms with van der Waals surface area (Å²) < 4.78 is 2.07.